The van der Waals surface area contributed by atoms with E-state index in [4.69, 9.17) is 4.74 Å². The van der Waals surface area contributed by atoms with E-state index in [2.05, 4.69) is 20.7 Å². The average molecular weight is 439 g/mol. The molecule has 3 rings (SSSR count). The summed E-state index contributed by atoms with van der Waals surface area (Å²) < 4.78 is 34.1. The van der Waals surface area contributed by atoms with Crippen LogP contribution in [-0.4, -0.2) is 45.5 Å². The molecule has 0 aromatic heterocycles. The second-order valence-electron chi connectivity index (χ2n) is 5.97. The number of carbonyl (C=O) groups is 1. The number of carbonyl (C=O) groups excluding carboxylic acids is 1. The summed E-state index contributed by atoms with van der Waals surface area (Å²) >= 11 is 3.36. The topological polar surface area (TPSA) is 75.7 Å². The molecule has 0 unspecified atom stereocenters. The molecule has 1 amide bonds. The molecule has 0 aliphatic carbocycles. The maximum atomic E-state index is 12.8. The zero-order valence-electron chi connectivity index (χ0n) is 14.2. The van der Waals surface area contributed by atoms with E-state index in [1.54, 1.807) is 41.3 Å². The van der Waals surface area contributed by atoms with Gasteiger partial charge in [0.15, 0.2) is 0 Å². The van der Waals surface area contributed by atoms with E-state index in [1.165, 1.54) is 6.07 Å². The number of amides is 1. The van der Waals surface area contributed by atoms with Gasteiger partial charge in [-0.25, -0.2) is 8.42 Å². The molecule has 8 heteroatoms. The Morgan fingerprint density at radius 1 is 1.15 bits per heavy atom. The average Bonchev–Trinajstić information content (AvgIpc) is 2.64. The van der Waals surface area contributed by atoms with Gasteiger partial charge >= 0.3 is 0 Å². The molecular weight excluding hydrogens is 420 g/mol. The van der Waals surface area contributed by atoms with E-state index >= 15 is 0 Å². The monoisotopic (exact) mass is 438 g/mol. The molecule has 1 N–H and O–H groups in total. The summed E-state index contributed by atoms with van der Waals surface area (Å²) in [6, 6.07) is 11.4. The van der Waals surface area contributed by atoms with Crippen LogP contribution >= 0.6 is 15.9 Å². The summed E-state index contributed by atoms with van der Waals surface area (Å²) in [6.45, 7) is 3.77. The summed E-state index contributed by atoms with van der Waals surface area (Å²) in [5.41, 5.74) is 1.40. The summed E-state index contributed by atoms with van der Waals surface area (Å²) in [5.74, 6) is -0.210. The van der Waals surface area contributed by atoms with E-state index < -0.39 is 10.0 Å². The highest BCUT2D eigenvalue weighted by Gasteiger charge is 2.23. The predicted molar refractivity (Wildman–Crippen MR) is 103 cm³/mol. The fourth-order valence-electron chi connectivity index (χ4n) is 2.68. The molecule has 1 aliphatic heterocycles. The number of ether oxygens (including phenoxy) is 1. The number of halogens is 1. The van der Waals surface area contributed by atoms with Gasteiger partial charge in [-0.15, -0.1) is 0 Å². The smallest absolute Gasteiger partial charge is 0.261 e. The highest BCUT2D eigenvalue weighted by molar-refractivity contribution is 9.10. The fourth-order valence-corrected chi connectivity index (χ4v) is 4.09. The molecular formula is C18H19BrN2O4S. The molecule has 1 aliphatic rings. The molecule has 1 fully saturated rings. The maximum absolute atomic E-state index is 12.8. The number of hydrogen-bond donors (Lipinski definition) is 1. The van der Waals surface area contributed by atoms with Crippen LogP contribution < -0.4 is 4.72 Å². The van der Waals surface area contributed by atoms with E-state index in [0.717, 1.165) is 10.0 Å². The minimum Gasteiger partial charge on any atom is -0.378 e. The maximum Gasteiger partial charge on any atom is 0.261 e. The van der Waals surface area contributed by atoms with Gasteiger partial charge in [-0.1, -0.05) is 28.1 Å². The van der Waals surface area contributed by atoms with Crippen molar-refractivity contribution in [3.63, 3.8) is 0 Å². The number of aryl methyl sites for hydroxylation is 1. The van der Waals surface area contributed by atoms with Crippen molar-refractivity contribution >= 4 is 37.5 Å². The number of anilines is 1. The second-order valence-corrected chi connectivity index (χ2v) is 8.50. The SMILES string of the molecule is Cc1cc(S(=O)(=O)Nc2ccccc2C(=O)N2CCOCC2)ccc1Br. The summed E-state index contributed by atoms with van der Waals surface area (Å²) in [4.78, 5) is 14.6. The number of nitrogens with one attached hydrogen (secondary N) is 1. The van der Waals surface area contributed by atoms with Gasteiger partial charge in [0.2, 0.25) is 0 Å². The Kier molecular flexibility index (Phi) is 5.64. The number of rotatable bonds is 4. The van der Waals surface area contributed by atoms with E-state index in [0.29, 0.717) is 31.9 Å². The molecule has 0 saturated carbocycles. The van der Waals surface area contributed by atoms with Gasteiger partial charge in [0, 0.05) is 17.6 Å². The lowest BCUT2D eigenvalue weighted by Gasteiger charge is -2.27. The summed E-state index contributed by atoms with van der Waals surface area (Å²) in [7, 11) is -3.81. The third-order valence-electron chi connectivity index (χ3n) is 4.14. The zero-order valence-corrected chi connectivity index (χ0v) is 16.6. The van der Waals surface area contributed by atoms with Crippen molar-refractivity contribution in [1.29, 1.82) is 0 Å². The van der Waals surface area contributed by atoms with Crippen molar-refractivity contribution in [1.82, 2.24) is 4.90 Å². The molecule has 0 spiro atoms. The molecule has 2 aromatic carbocycles. The van der Waals surface area contributed by atoms with Crippen LogP contribution in [0, 0.1) is 6.92 Å². The Morgan fingerprint density at radius 2 is 1.85 bits per heavy atom. The minimum absolute atomic E-state index is 0.145. The standard InChI is InChI=1S/C18H19BrN2O4S/c1-13-12-14(6-7-16(13)19)26(23,24)20-17-5-3-2-4-15(17)18(22)21-8-10-25-11-9-21/h2-7,12,20H,8-11H2,1H3. The lowest BCUT2D eigenvalue weighted by Crippen LogP contribution is -2.41. The Bertz CT molecular complexity index is 925. The lowest BCUT2D eigenvalue weighted by atomic mass is 10.1. The molecule has 1 saturated heterocycles. The molecule has 2 aromatic rings. The largest absolute Gasteiger partial charge is 0.378 e. The van der Waals surface area contributed by atoms with Crippen LogP contribution in [0.4, 0.5) is 5.69 Å². The molecule has 6 nitrogen and oxygen atoms in total. The number of nitrogens with zero attached hydrogens (tertiary/aromatic N) is 1. The first-order chi connectivity index (χ1) is 12.4. The first kappa shape index (κ1) is 18.9. The highest BCUT2D eigenvalue weighted by atomic mass is 79.9. The number of morpholine rings is 1. The number of sulfonamides is 1. The van der Waals surface area contributed by atoms with E-state index in [-0.39, 0.29) is 16.5 Å². The quantitative estimate of drug-likeness (QED) is 0.795. The fraction of sp³-hybridized carbons (Fsp3) is 0.278. The Balaban J connectivity index is 1.90. The van der Waals surface area contributed by atoms with Crippen molar-refractivity contribution in [2.75, 3.05) is 31.0 Å². The van der Waals surface area contributed by atoms with Gasteiger partial charge < -0.3 is 9.64 Å². The molecule has 26 heavy (non-hydrogen) atoms. The van der Waals surface area contributed by atoms with Gasteiger partial charge in [-0.2, -0.15) is 0 Å². The predicted octanol–water partition coefficient (Wildman–Crippen LogP) is 3.03. The lowest BCUT2D eigenvalue weighted by molar-refractivity contribution is 0.0303. The van der Waals surface area contributed by atoms with Gasteiger partial charge in [-0.3, -0.25) is 9.52 Å². The van der Waals surface area contributed by atoms with Crippen molar-refractivity contribution in [2.45, 2.75) is 11.8 Å². The normalized spacial score (nSPS) is 14.9. The number of para-hydroxylation sites is 1. The highest BCUT2D eigenvalue weighted by Crippen LogP contribution is 2.24. The van der Waals surface area contributed by atoms with Crippen LogP contribution in [0.2, 0.25) is 0 Å². The summed E-state index contributed by atoms with van der Waals surface area (Å²) in [6.07, 6.45) is 0. The van der Waals surface area contributed by atoms with Gasteiger partial charge in [0.25, 0.3) is 15.9 Å². The van der Waals surface area contributed by atoms with Crippen LogP contribution in [0.1, 0.15) is 15.9 Å². The van der Waals surface area contributed by atoms with Crippen LogP contribution in [0.15, 0.2) is 51.8 Å². The van der Waals surface area contributed by atoms with E-state index in [9.17, 15) is 13.2 Å². The van der Waals surface area contributed by atoms with Crippen LogP contribution in [0.5, 0.6) is 0 Å². The Morgan fingerprint density at radius 3 is 2.54 bits per heavy atom. The molecule has 0 bridgehead atoms. The van der Waals surface area contributed by atoms with Crippen molar-refractivity contribution in [2.24, 2.45) is 0 Å². The van der Waals surface area contributed by atoms with Gasteiger partial charge in [0.1, 0.15) is 0 Å². The minimum atomic E-state index is -3.81. The first-order valence-electron chi connectivity index (χ1n) is 8.13. The second kappa shape index (κ2) is 7.77. The number of benzene rings is 2. The van der Waals surface area contributed by atoms with E-state index in [1.807, 2.05) is 6.92 Å². The van der Waals surface area contributed by atoms with Gasteiger partial charge in [-0.05, 0) is 42.8 Å². The summed E-state index contributed by atoms with van der Waals surface area (Å²) in [5, 5.41) is 0. The third kappa shape index (κ3) is 4.08. The van der Waals surface area contributed by atoms with Crippen LogP contribution in [-0.2, 0) is 14.8 Å². The van der Waals surface area contributed by atoms with Crippen LogP contribution in [0.3, 0.4) is 0 Å². The van der Waals surface area contributed by atoms with Crippen molar-refractivity contribution in [3.8, 4) is 0 Å². The zero-order chi connectivity index (χ0) is 18.7. The van der Waals surface area contributed by atoms with Crippen molar-refractivity contribution < 1.29 is 17.9 Å². The molecule has 0 radical (unpaired) electrons. The first-order valence-corrected chi connectivity index (χ1v) is 10.4. The molecule has 1 heterocycles. The molecule has 0 atom stereocenters. The van der Waals surface area contributed by atoms with Gasteiger partial charge in [0.05, 0.1) is 29.4 Å². The number of hydrogen-bond acceptors (Lipinski definition) is 4. The Hall–Kier alpha value is -1.90. The van der Waals surface area contributed by atoms with Crippen molar-refractivity contribution in [3.05, 3.63) is 58.1 Å². The Labute approximate surface area is 161 Å². The van der Waals surface area contributed by atoms with Crippen LogP contribution in [0.25, 0.3) is 0 Å². The third-order valence-corrected chi connectivity index (χ3v) is 6.39. The molecule has 138 valence electrons.